The summed E-state index contributed by atoms with van der Waals surface area (Å²) in [6, 6.07) is 6.25. The number of amides is 1. The average molecular weight is 367 g/mol. The van der Waals surface area contributed by atoms with Gasteiger partial charge in [-0.05, 0) is 36.8 Å². The number of aromatic hydroxyl groups is 1. The normalized spacial score (nSPS) is 12.5. The predicted molar refractivity (Wildman–Crippen MR) is 88.9 cm³/mol. The summed E-state index contributed by atoms with van der Waals surface area (Å²) in [7, 11) is -3.34. The Morgan fingerprint density at radius 3 is 2.48 bits per heavy atom. The highest BCUT2D eigenvalue weighted by molar-refractivity contribution is 7.90. The molecule has 1 aromatic carbocycles. The fourth-order valence-electron chi connectivity index (χ4n) is 2.04. The number of aliphatic carboxylic acids is 1. The number of H-pyrrole nitrogens is 1. The summed E-state index contributed by atoms with van der Waals surface area (Å²) in [5, 5.41) is 27.1. The van der Waals surface area contributed by atoms with Crippen LogP contribution in [0, 0.1) is 0 Å². The van der Waals surface area contributed by atoms with Crippen molar-refractivity contribution in [1.82, 2.24) is 15.5 Å². The van der Waals surface area contributed by atoms with Crippen LogP contribution in [0.3, 0.4) is 0 Å². The van der Waals surface area contributed by atoms with Gasteiger partial charge in [-0.25, -0.2) is 13.2 Å². The maximum absolute atomic E-state index is 12.1. The van der Waals surface area contributed by atoms with Crippen molar-refractivity contribution in [2.75, 3.05) is 12.0 Å². The molecular weight excluding hydrogens is 350 g/mol. The van der Waals surface area contributed by atoms with Crippen molar-refractivity contribution < 1.29 is 28.2 Å². The molecule has 0 radical (unpaired) electrons. The maximum atomic E-state index is 12.1. The lowest BCUT2D eigenvalue weighted by Crippen LogP contribution is -2.42. The molecule has 0 bridgehead atoms. The Morgan fingerprint density at radius 1 is 1.28 bits per heavy atom. The number of phenolic OH excluding ortho intramolecular Hbond substituents is 1. The molecule has 0 aliphatic heterocycles. The van der Waals surface area contributed by atoms with Crippen LogP contribution < -0.4 is 5.32 Å². The second-order valence-corrected chi connectivity index (χ2v) is 7.76. The van der Waals surface area contributed by atoms with Crippen LogP contribution >= 0.6 is 0 Å². The first kappa shape index (κ1) is 18.5. The molecule has 9 nitrogen and oxygen atoms in total. The van der Waals surface area contributed by atoms with E-state index in [1.165, 1.54) is 18.2 Å². The molecule has 0 unspecified atom stereocenters. The Morgan fingerprint density at radius 2 is 1.92 bits per heavy atom. The molecule has 0 saturated heterocycles. The van der Waals surface area contributed by atoms with Gasteiger partial charge in [-0.15, -0.1) is 0 Å². The summed E-state index contributed by atoms with van der Waals surface area (Å²) in [6.45, 7) is 0. The molecule has 1 atom stereocenters. The second kappa shape index (κ2) is 7.34. The van der Waals surface area contributed by atoms with E-state index in [0.29, 0.717) is 11.3 Å². The van der Waals surface area contributed by atoms with E-state index < -0.39 is 27.8 Å². The number of carboxylic acid groups (broad SMARTS) is 1. The van der Waals surface area contributed by atoms with Gasteiger partial charge in [-0.2, -0.15) is 5.10 Å². The lowest BCUT2D eigenvalue weighted by atomic mass is 10.1. The van der Waals surface area contributed by atoms with E-state index in [-0.39, 0.29) is 23.6 Å². The molecule has 1 amide bonds. The zero-order chi connectivity index (χ0) is 18.6. The number of carboxylic acids is 1. The molecular formula is C15H17N3O6S. The molecule has 1 aromatic heterocycles. The number of sulfone groups is 1. The van der Waals surface area contributed by atoms with Crippen molar-refractivity contribution in [1.29, 1.82) is 0 Å². The standard InChI is InChI=1S/C15H17N3O6S/c1-25(23,24)7-6-11(15(21)22)16-14(20)13-8-12(17-18-13)9-2-4-10(19)5-3-9/h2-5,8,11,19H,6-7H2,1H3,(H,16,20)(H,17,18)(H,21,22)/t11-/m1/s1. The molecule has 0 aliphatic carbocycles. The molecule has 4 N–H and O–H groups in total. The maximum Gasteiger partial charge on any atom is 0.326 e. The first-order valence-corrected chi connectivity index (χ1v) is 9.28. The van der Waals surface area contributed by atoms with E-state index in [1.807, 2.05) is 0 Å². The smallest absolute Gasteiger partial charge is 0.326 e. The summed E-state index contributed by atoms with van der Waals surface area (Å²) in [6.07, 6.45) is 0.755. The van der Waals surface area contributed by atoms with Crippen LogP contribution in [0.1, 0.15) is 16.9 Å². The van der Waals surface area contributed by atoms with E-state index >= 15 is 0 Å². The molecule has 0 fully saturated rings. The van der Waals surface area contributed by atoms with Crippen LogP contribution in [0.4, 0.5) is 0 Å². The number of carbonyl (C=O) groups is 2. The number of benzene rings is 1. The lowest BCUT2D eigenvalue weighted by Gasteiger charge is -2.13. The molecule has 0 saturated carbocycles. The van der Waals surface area contributed by atoms with Crippen molar-refractivity contribution in [3.05, 3.63) is 36.0 Å². The van der Waals surface area contributed by atoms with Crippen LogP contribution in [-0.2, 0) is 14.6 Å². The van der Waals surface area contributed by atoms with E-state index in [2.05, 4.69) is 15.5 Å². The van der Waals surface area contributed by atoms with Gasteiger partial charge in [0.1, 0.15) is 27.3 Å². The number of nitrogens with one attached hydrogen (secondary N) is 2. The summed E-state index contributed by atoms with van der Waals surface area (Å²) < 4.78 is 22.3. The number of hydrogen-bond acceptors (Lipinski definition) is 6. The van der Waals surface area contributed by atoms with Gasteiger partial charge in [0.25, 0.3) is 5.91 Å². The van der Waals surface area contributed by atoms with E-state index in [4.69, 9.17) is 5.11 Å². The Labute approximate surface area is 143 Å². The average Bonchev–Trinajstić information content (AvgIpc) is 3.00. The van der Waals surface area contributed by atoms with Gasteiger partial charge in [0.05, 0.1) is 11.4 Å². The van der Waals surface area contributed by atoms with Crippen LogP contribution in [0.2, 0.25) is 0 Å². The van der Waals surface area contributed by atoms with Crippen LogP contribution in [0.15, 0.2) is 30.3 Å². The van der Waals surface area contributed by atoms with Gasteiger partial charge >= 0.3 is 5.97 Å². The Kier molecular flexibility index (Phi) is 5.42. The summed E-state index contributed by atoms with van der Waals surface area (Å²) in [5.41, 5.74) is 1.13. The minimum atomic E-state index is -3.34. The highest BCUT2D eigenvalue weighted by Crippen LogP contribution is 2.20. The van der Waals surface area contributed by atoms with Crippen molar-refractivity contribution in [2.45, 2.75) is 12.5 Å². The fraction of sp³-hybridized carbons (Fsp3) is 0.267. The Hall–Kier alpha value is -2.88. The molecule has 134 valence electrons. The summed E-state index contributed by atoms with van der Waals surface area (Å²) in [4.78, 5) is 23.3. The summed E-state index contributed by atoms with van der Waals surface area (Å²) in [5.74, 6) is -2.30. The van der Waals surface area contributed by atoms with Gasteiger partial charge in [-0.3, -0.25) is 9.89 Å². The molecule has 10 heteroatoms. The number of carbonyl (C=O) groups excluding carboxylic acids is 1. The lowest BCUT2D eigenvalue weighted by molar-refractivity contribution is -0.139. The van der Waals surface area contributed by atoms with Crippen LogP contribution in [0.25, 0.3) is 11.3 Å². The minimum absolute atomic E-state index is 0.0358. The van der Waals surface area contributed by atoms with Crippen molar-refractivity contribution in [3.63, 3.8) is 0 Å². The third kappa shape index (κ3) is 5.31. The predicted octanol–water partition coefficient (Wildman–Crippen LogP) is 0.400. The largest absolute Gasteiger partial charge is 0.508 e. The van der Waals surface area contributed by atoms with Crippen molar-refractivity contribution in [3.8, 4) is 17.0 Å². The van der Waals surface area contributed by atoms with Gasteiger partial charge in [0.15, 0.2) is 0 Å². The molecule has 0 aliphatic rings. The fourth-order valence-corrected chi connectivity index (χ4v) is 2.71. The number of aromatic amines is 1. The number of rotatable bonds is 7. The molecule has 0 spiro atoms. The third-order valence-electron chi connectivity index (χ3n) is 3.37. The highest BCUT2D eigenvalue weighted by Gasteiger charge is 2.23. The minimum Gasteiger partial charge on any atom is -0.508 e. The summed E-state index contributed by atoms with van der Waals surface area (Å²) >= 11 is 0. The molecule has 2 rings (SSSR count). The SMILES string of the molecule is CS(=O)(=O)CC[C@@H](NC(=O)c1cc(-c2ccc(O)cc2)n[nH]1)C(=O)O. The zero-order valence-electron chi connectivity index (χ0n) is 13.3. The van der Waals surface area contributed by atoms with E-state index in [1.54, 1.807) is 12.1 Å². The van der Waals surface area contributed by atoms with E-state index in [9.17, 15) is 23.1 Å². The topological polar surface area (TPSA) is 149 Å². The van der Waals surface area contributed by atoms with Crippen LogP contribution in [-0.4, -0.2) is 58.8 Å². The third-order valence-corrected chi connectivity index (χ3v) is 4.34. The number of hydrogen-bond donors (Lipinski definition) is 4. The van der Waals surface area contributed by atoms with Gasteiger partial charge < -0.3 is 15.5 Å². The number of nitrogens with zero attached hydrogens (tertiary/aromatic N) is 1. The first-order chi connectivity index (χ1) is 11.7. The number of aromatic nitrogens is 2. The second-order valence-electron chi connectivity index (χ2n) is 5.50. The highest BCUT2D eigenvalue weighted by atomic mass is 32.2. The molecule has 2 aromatic rings. The molecule has 1 heterocycles. The van der Waals surface area contributed by atoms with Gasteiger partial charge in [-0.1, -0.05) is 0 Å². The Bertz CT molecular complexity index is 873. The quantitative estimate of drug-likeness (QED) is 0.553. The van der Waals surface area contributed by atoms with Crippen molar-refractivity contribution >= 4 is 21.7 Å². The van der Waals surface area contributed by atoms with E-state index in [0.717, 1.165) is 6.26 Å². The monoisotopic (exact) mass is 367 g/mol. The Balaban J connectivity index is 2.09. The van der Waals surface area contributed by atoms with Crippen molar-refractivity contribution in [2.24, 2.45) is 0 Å². The number of phenols is 1. The van der Waals surface area contributed by atoms with Gasteiger partial charge in [0.2, 0.25) is 0 Å². The zero-order valence-corrected chi connectivity index (χ0v) is 14.1. The molecule has 25 heavy (non-hydrogen) atoms. The van der Waals surface area contributed by atoms with Gasteiger partial charge in [0, 0.05) is 11.8 Å². The van der Waals surface area contributed by atoms with Crippen LogP contribution in [0.5, 0.6) is 5.75 Å². The first-order valence-electron chi connectivity index (χ1n) is 7.22.